The van der Waals surface area contributed by atoms with Crippen molar-refractivity contribution >= 4 is 30.7 Å². The molecule has 6 nitrogen and oxygen atoms in total. The number of likely N-dealkylation sites (tertiary alicyclic amines) is 2. The summed E-state index contributed by atoms with van der Waals surface area (Å²) in [5.41, 5.74) is -0.316. The van der Waals surface area contributed by atoms with Gasteiger partial charge in [0.15, 0.2) is 0 Å². The number of hydrogen-bond acceptors (Lipinski definition) is 5. The van der Waals surface area contributed by atoms with E-state index in [1.807, 2.05) is 0 Å². The van der Waals surface area contributed by atoms with Crippen LogP contribution in [-0.2, 0) is 14.3 Å². The van der Waals surface area contributed by atoms with E-state index in [0.29, 0.717) is 18.6 Å². The fourth-order valence-corrected chi connectivity index (χ4v) is 4.52. The molecule has 3 heterocycles. The summed E-state index contributed by atoms with van der Waals surface area (Å²) in [6, 6.07) is 0. The highest BCUT2D eigenvalue weighted by atomic mass is 35.5. The Labute approximate surface area is 176 Å². The Bertz CT molecular complexity index is 417. The molecule has 0 bridgehead atoms. The van der Waals surface area contributed by atoms with Crippen molar-refractivity contribution in [3.63, 3.8) is 0 Å². The van der Waals surface area contributed by atoms with E-state index in [9.17, 15) is 4.79 Å². The van der Waals surface area contributed by atoms with Crippen molar-refractivity contribution in [1.82, 2.24) is 15.1 Å². The second-order valence-corrected chi connectivity index (χ2v) is 7.87. The molecule has 0 spiro atoms. The molecular weight excluding hydrogens is 389 g/mol. The van der Waals surface area contributed by atoms with Crippen LogP contribution in [0.3, 0.4) is 0 Å². The molecule has 0 aromatic rings. The topological polar surface area (TPSA) is 54.0 Å². The summed E-state index contributed by atoms with van der Waals surface area (Å²) in [4.78, 5) is 17.7. The first-order chi connectivity index (χ1) is 12.2. The molecule has 8 heteroatoms. The molecule has 27 heavy (non-hydrogen) atoms. The van der Waals surface area contributed by atoms with Gasteiger partial charge in [-0.25, -0.2) is 0 Å². The Morgan fingerprint density at radius 2 is 1.70 bits per heavy atom. The maximum Gasteiger partial charge on any atom is 0.231 e. The normalized spacial score (nSPS) is 23.5. The van der Waals surface area contributed by atoms with Gasteiger partial charge < -0.3 is 24.6 Å². The van der Waals surface area contributed by atoms with E-state index < -0.39 is 0 Å². The number of amides is 1. The minimum Gasteiger partial charge on any atom is -0.384 e. The lowest BCUT2D eigenvalue weighted by atomic mass is 9.78. The molecule has 0 aromatic heterocycles. The number of ether oxygens (including phenoxy) is 2. The molecule has 3 saturated heterocycles. The quantitative estimate of drug-likeness (QED) is 0.675. The number of piperidine rings is 2. The number of rotatable bonds is 7. The monoisotopic (exact) mass is 425 g/mol. The van der Waals surface area contributed by atoms with Crippen molar-refractivity contribution < 1.29 is 14.3 Å². The van der Waals surface area contributed by atoms with Crippen LogP contribution < -0.4 is 5.32 Å². The van der Waals surface area contributed by atoms with Gasteiger partial charge in [-0.2, -0.15) is 0 Å². The van der Waals surface area contributed by atoms with Gasteiger partial charge in [-0.1, -0.05) is 0 Å². The van der Waals surface area contributed by atoms with Crippen LogP contribution in [-0.4, -0.2) is 87.9 Å². The molecule has 0 saturated carbocycles. The van der Waals surface area contributed by atoms with E-state index >= 15 is 0 Å². The molecule has 1 N–H and O–H groups in total. The number of halogens is 2. The average Bonchev–Trinajstić information content (AvgIpc) is 3.16. The van der Waals surface area contributed by atoms with E-state index in [0.717, 1.165) is 65.0 Å². The first-order valence-corrected chi connectivity index (χ1v) is 10.1. The number of nitrogens with zero attached hydrogens (tertiary/aromatic N) is 2. The Kier molecular flexibility index (Phi) is 11.5. The third-order valence-electron chi connectivity index (χ3n) is 6.12. The summed E-state index contributed by atoms with van der Waals surface area (Å²) in [6.45, 7) is 8.36. The predicted octanol–water partition coefficient (Wildman–Crippen LogP) is 1.95. The summed E-state index contributed by atoms with van der Waals surface area (Å²) < 4.78 is 11.5. The maximum atomic E-state index is 13.1. The average molecular weight is 426 g/mol. The number of nitrogens with one attached hydrogen (secondary N) is 1. The number of carbonyl (C=O) groups is 1. The highest BCUT2D eigenvalue weighted by Crippen LogP contribution is 2.32. The molecule has 0 atom stereocenters. The number of hydrogen-bond donors (Lipinski definition) is 1. The molecule has 160 valence electrons. The summed E-state index contributed by atoms with van der Waals surface area (Å²) >= 11 is 0. The zero-order chi connectivity index (χ0) is 17.5. The van der Waals surface area contributed by atoms with Crippen LogP contribution >= 0.6 is 24.8 Å². The Balaban J connectivity index is 0.00000182. The van der Waals surface area contributed by atoms with Crippen LogP contribution in [0.2, 0.25) is 0 Å². The molecule has 3 aliphatic heterocycles. The predicted molar refractivity (Wildman–Crippen MR) is 112 cm³/mol. The SMILES string of the molecule is COCC1(C(=O)N2CCC(OCCN3CCCC3)CC2)CCNCC1.Cl.Cl. The van der Waals surface area contributed by atoms with Gasteiger partial charge in [0.1, 0.15) is 0 Å². The summed E-state index contributed by atoms with van der Waals surface area (Å²) in [7, 11) is 1.71. The van der Waals surface area contributed by atoms with Crippen molar-refractivity contribution in [1.29, 1.82) is 0 Å². The minimum absolute atomic E-state index is 0. The van der Waals surface area contributed by atoms with Gasteiger partial charge in [-0.3, -0.25) is 4.79 Å². The first-order valence-electron chi connectivity index (χ1n) is 10.1. The van der Waals surface area contributed by atoms with Crippen molar-refractivity contribution in [2.24, 2.45) is 5.41 Å². The fraction of sp³-hybridized carbons (Fsp3) is 0.947. The third kappa shape index (κ3) is 6.72. The van der Waals surface area contributed by atoms with Gasteiger partial charge in [0.05, 0.1) is 24.7 Å². The van der Waals surface area contributed by atoms with Gasteiger partial charge in [0, 0.05) is 26.7 Å². The van der Waals surface area contributed by atoms with Gasteiger partial charge in [-0.05, 0) is 64.7 Å². The lowest BCUT2D eigenvalue weighted by Crippen LogP contribution is -2.53. The van der Waals surface area contributed by atoms with Crippen LogP contribution in [0.1, 0.15) is 38.5 Å². The summed E-state index contributed by atoms with van der Waals surface area (Å²) in [5, 5.41) is 3.36. The van der Waals surface area contributed by atoms with Crippen molar-refractivity contribution in [3.05, 3.63) is 0 Å². The summed E-state index contributed by atoms with van der Waals surface area (Å²) in [6.07, 6.45) is 6.68. The molecule has 0 radical (unpaired) electrons. The third-order valence-corrected chi connectivity index (χ3v) is 6.12. The molecule has 0 aliphatic carbocycles. The second kappa shape index (κ2) is 12.5. The highest BCUT2D eigenvalue weighted by molar-refractivity contribution is 5.85. The van der Waals surface area contributed by atoms with Gasteiger partial charge in [-0.15, -0.1) is 24.8 Å². The number of methoxy groups -OCH3 is 1. The first kappa shape index (κ1) is 24.9. The molecule has 3 aliphatic rings. The fourth-order valence-electron chi connectivity index (χ4n) is 4.52. The zero-order valence-corrected chi connectivity index (χ0v) is 18.3. The smallest absolute Gasteiger partial charge is 0.231 e. The molecule has 0 aromatic carbocycles. The van der Waals surface area contributed by atoms with Gasteiger partial charge >= 0.3 is 0 Å². The van der Waals surface area contributed by atoms with Crippen LogP contribution in [0.5, 0.6) is 0 Å². The molecule has 1 amide bonds. The molecule has 3 rings (SSSR count). The standard InChI is InChI=1S/C19H35N3O3.2ClH/c1-24-16-19(6-8-20-9-7-19)18(23)22-12-4-17(5-13-22)25-15-14-21-10-2-3-11-21;;/h17,20H,2-16H2,1H3;2*1H. The van der Waals surface area contributed by atoms with Gasteiger partial charge in [0.2, 0.25) is 5.91 Å². The Hall–Kier alpha value is -0.110. The van der Waals surface area contributed by atoms with Gasteiger partial charge in [0.25, 0.3) is 0 Å². The molecular formula is C19H37Cl2N3O3. The summed E-state index contributed by atoms with van der Waals surface area (Å²) in [5.74, 6) is 0.298. The van der Waals surface area contributed by atoms with E-state index in [2.05, 4.69) is 15.1 Å². The Morgan fingerprint density at radius 3 is 2.30 bits per heavy atom. The van der Waals surface area contributed by atoms with Crippen molar-refractivity contribution in [3.8, 4) is 0 Å². The molecule has 3 fully saturated rings. The zero-order valence-electron chi connectivity index (χ0n) is 16.6. The van der Waals surface area contributed by atoms with E-state index in [4.69, 9.17) is 9.47 Å². The van der Waals surface area contributed by atoms with Crippen LogP contribution in [0.4, 0.5) is 0 Å². The van der Waals surface area contributed by atoms with Crippen LogP contribution in [0.25, 0.3) is 0 Å². The second-order valence-electron chi connectivity index (χ2n) is 7.87. The maximum absolute atomic E-state index is 13.1. The van der Waals surface area contributed by atoms with Crippen molar-refractivity contribution in [2.75, 3.05) is 66.1 Å². The largest absolute Gasteiger partial charge is 0.384 e. The lowest BCUT2D eigenvalue weighted by Gasteiger charge is -2.42. The Morgan fingerprint density at radius 1 is 1.07 bits per heavy atom. The van der Waals surface area contributed by atoms with E-state index in [-0.39, 0.29) is 30.2 Å². The van der Waals surface area contributed by atoms with Crippen molar-refractivity contribution in [2.45, 2.75) is 44.6 Å². The minimum atomic E-state index is -0.316. The lowest BCUT2D eigenvalue weighted by molar-refractivity contribution is -0.150. The van der Waals surface area contributed by atoms with E-state index in [1.54, 1.807) is 7.11 Å². The van der Waals surface area contributed by atoms with Crippen LogP contribution in [0.15, 0.2) is 0 Å². The molecule has 0 unspecified atom stereocenters. The van der Waals surface area contributed by atoms with Crippen LogP contribution in [0, 0.1) is 5.41 Å². The number of carbonyl (C=O) groups excluding carboxylic acids is 1. The van der Waals surface area contributed by atoms with E-state index in [1.165, 1.54) is 25.9 Å². The highest BCUT2D eigenvalue weighted by Gasteiger charge is 2.42.